The van der Waals surface area contributed by atoms with Gasteiger partial charge >= 0.3 is 6.09 Å². The summed E-state index contributed by atoms with van der Waals surface area (Å²) in [6.45, 7) is 2.33. The second-order valence-electron chi connectivity index (χ2n) is 3.83. The maximum Gasteiger partial charge on any atom is 0.410 e. The molecule has 3 N–H and O–H groups in total. The quantitative estimate of drug-likeness (QED) is 0.601. The van der Waals surface area contributed by atoms with Crippen molar-refractivity contribution in [3.63, 3.8) is 0 Å². The van der Waals surface area contributed by atoms with Gasteiger partial charge in [-0.15, -0.1) is 0 Å². The summed E-state index contributed by atoms with van der Waals surface area (Å²) in [5.41, 5.74) is 5.14. The zero-order valence-electron chi connectivity index (χ0n) is 9.98. The van der Waals surface area contributed by atoms with Crippen LogP contribution in [0.5, 0.6) is 0 Å². The fourth-order valence-electron chi connectivity index (χ4n) is 1.71. The number of amides is 2. The van der Waals surface area contributed by atoms with E-state index < -0.39 is 12.0 Å². The third-order valence-electron chi connectivity index (χ3n) is 2.53. The number of hydrogen-bond donors (Lipinski definition) is 2. The normalized spacial score (nSPS) is 20.1. The van der Waals surface area contributed by atoms with Gasteiger partial charge in [0.15, 0.2) is 0 Å². The lowest BCUT2D eigenvalue weighted by Crippen LogP contribution is -2.55. The minimum atomic E-state index is -0.423. The minimum absolute atomic E-state index is 0.145. The summed E-state index contributed by atoms with van der Waals surface area (Å²) >= 11 is 0. The number of carbonyl (C=O) groups is 2. The number of rotatable bonds is 5. The summed E-state index contributed by atoms with van der Waals surface area (Å²) in [6.07, 6.45) is -0.276. The van der Waals surface area contributed by atoms with Gasteiger partial charge in [0.05, 0.1) is 12.6 Å². The Kier molecular flexibility index (Phi) is 5.71. The van der Waals surface area contributed by atoms with E-state index in [-0.39, 0.29) is 19.1 Å². The SMILES string of the molecule is COCCOC(=O)N1CCNCC1CC(N)=O. The molecule has 0 aromatic carbocycles. The standard InChI is InChI=1S/C10H19N3O4/c1-16-4-5-17-10(15)13-3-2-12-7-8(13)6-9(11)14/h8,12H,2-7H2,1H3,(H2,11,14). The summed E-state index contributed by atoms with van der Waals surface area (Å²) in [4.78, 5) is 24.2. The summed E-state index contributed by atoms with van der Waals surface area (Å²) < 4.78 is 9.80. The second kappa shape index (κ2) is 7.08. The number of piperazine rings is 1. The Morgan fingerprint density at radius 3 is 2.88 bits per heavy atom. The molecule has 1 saturated heterocycles. The van der Waals surface area contributed by atoms with Crippen molar-refractivity contribution < 1.29 is 19.1 Å². The van der Waals surface area contributed by atoms with Crippen LogP contribution in [0.1, 0.15) is 6.42 Å². The summed E-state index contributed by atoms with van der Waals surface area (Å²) in [5.74, 6) is -0.423. The molecule has 0 spiro atoms. The third-order valence-corrected chi connectivity index (χ3v) is 2.53. The van der Waals surface area contributed by atoms with Gasteiger partial charge in [-0.3, -0.25) is 4.79 Å². The Hall–Kier alpha value is -1.34. The maximum atomic E-state index is 11.7. The molecule has 1 unspecified atom stereocenters. The smallest absolute Gasteiger partial charge is 0.410 e. The van der Waals surface area contributed by atoms with Gasteiger partial charge in [-0.1, -0.05) is 0 Å². The topological polar surface area (TPSA) is 93.9 Å². The lowest BCUT2D eigenvalue weighted by atomic mass is 10.1. The lowest BCUT2D eigenvalue weighted by Gasteiger charge is -2.34. The molecule has 0 aromatic rings. The number of nitrogens with zero attached hydrogens (tertiary/aromatic N) is 1. The Bertz CT molecular complexity index is 272. The highest BCUT2D eigenvalue weighted by Gasteiger charge is 2.28. The number of carbonyl (C=O) groups excluding carboxylic acids is 2. The monoisotopic (exact) mass is 245 g/mol. The third kappa shape index (κ3) is 4.58. The highest BCUT2D eigenvalue weighted by molar-refractivity contribution is 5.76. The van der Waals surface area contributed by atoms with Crippen LogP contribution in [0.25, 0.3) is 0 Å². The first-order valence-electron chi connectivity index (χ1n) is 5.56. The molecule has 7 nitrogen and oxygen atoms in total. The van der Waals surface area contributed by atoms with Crippen molar-refractivity contribution in [2.75, 3.05) is 40.0 Å². The van der Waals surface area contributed by atoms with E-state index in [2.05, 4.69) is 5.32 Å². The molecule has 17 heavy (non-hydrogen) atoms. The molecule has 0 aromatic heterocycles. The lowest BCUT2D eigenvalue weighted by molar-refractivity contribution is -0.119. The number of nitrogens with two attached hydrogens (primary N) is 1. The van der Waals surface area contributed by atoms with Gasteiger partial charge in [0, 0.05) is 33.2 Å². The molecule has 7 heteroatoms. The molecule has 0 aliphatic carbocycles. The minimum Gasteiger partial charge on any atom is -0.447 e. The van der Waals surface area contributed by atoms with Crippen LogP contribution in [0.2, 0.25) is 0 Å². The average molecular weight is 245 g/mol. The Balaban J connectivity index is 2.45. The fourth-order valence-corrected chi connectivity index (χ4v) is 1.71. The molecular formula is C10H19N3O4. The zero-order valence-corrected chi connectivity index (χ0v) is 9.98. The molecule has 0 saturated carbocycles. The molecule has 1 aliphatic heterocycles. The van der Waals surface area contributed by atoms with E-state index in [9.17, 15) is 9.59 Å². The molecule has 1 rings (SSSR count). The first-order chi connectivity index (χ1) is 8.15. The van der Waals surface area contributed by atoms with E-state index in [1.54, 1.807) is 0 Å². The van der Waals surface area contributed by atoms with Crippen molar-refractivity contribution in [1.82, 2.24) is 10.2 Å². The van der Waals surface area contributed by atoms with Crippen LogP contribution < -0.4 is 11.1 Å². The van der Waals surface area contributed by atoms with Crippen molar-refractivity contribution in [3.05, 3.63) is 0 Å². The number of hydrogen-bond acceptors (Lipinski definition) is 5. The van der Waals surface area contributed by atoms with E-state index in [0.717, 1.165) is 0 Å². The van der Waals surface area contributed by atoms with Gasteiger partial charge in [-0.2, -0.15) is 0 Å². The van der Waals surface area contributed by atoms with Gasteiger partial charge in [0.1, 0.15) is 6.61 Å². The largest absolute Gasteiger partial charge is 0.447 e. The Labute approximate surface area is 100 Å². The van der Waals surface area contributed by atoms with Crippen LogP contribution in [-0.2, 0) is 14.3 Å². The van der Waals surface area contributed by atoms with Crippen LogP contribution in [0, 0.1) is 0 Å². The zero-order chi connectivity index (χ0) is 12.7. The van der Waals surface area contributed by atoms with Gasteiger partial charge in [-0.25, -0.2) is 4.79 Å². The molecule has 2 amide bonds. The number of ether oxygens (including phenoxy) is 2. The molecule has 1 atom stereocenters. The molecular weight excluding hydrogens is 226 g/mol. The molecule has 1 aliphatic rings. The molecule has 0 bridgehead atoms. The van der Waals surface area contributed by atoms with Crippen molar-refractivity contribution >= 4 is 12.0 Å². The summed E-state index contributed by atoms with van der Waals surface area (Å²) in [5, 5.41) is 3.11. The first-order valence-corrected chi connectivity index (χ1v) is 5.56. The molecule has 1 heterocycles. The van der Waals surface area contributed by atoms with Gasteiger partial charge in [-0.05, 0) is 0 Å². The predicted molar refractivity (Wildman–Crippen MR) is 60.4 cm³/mol. The first kappa shape index (κ1) is 13.7. The summed E-state index contributed by atoms with van der Waals surface area (Å²) in [6, 6.07) is -0.226. The Morgan fingerprint density at radius 2 is 2.24 bits per heavy atom. The van der Waals surface area contributed by atoms with Crippen LogP contribution in [0.3, 0.4) is 0 Å². The van der Waals surface area contributed by atoms with E-state index in [4.69, 9.17) is 15.2 Å². The fraction of sp³-hybridized carbons (Fsp3) is 0.800. The Morgan fingerprint density at radius 1 is 1.47 bits per heavy atom. The molecule has 98 valence electrons. The average Bonchev–Trinajstić information content (AvgIpc) is 2.29. The highest BCUT2D eigenvalue weighted by Crippen LogP contribution is 2.09. The van der Waals surface area contributed by atoms with Gasteiger partial charge in [0.25, 0.3) is 0 Å². The van der Waals surface area contributed by atoms with Crippen LogP contribution in [0.4, 0.5) is 4.79 Å². The highest BCUT2D eigenvalue weighted by atomic mass is 16.6. The number of methoxy groups -OCH3 is 1. The van der Waals surface area contributed by atoms with E-state index in [1.807, 2.05) is 0 Å². The maximum absolute atomic E-state index is 11.7. The van der Waals surface area contributed by atoms with Crippen LogP contribution in [0.15, 0.2) is 0 Å². The summed E-state index contributed by atoms with van der Waals surface area (Å²) in [7, 11) is 1.54. The molecule has 1 fully saturated rings. The number of nitrogens with one attached hydrogen (secondary N) is 1. The predicted octanol–water partition coefficient (Wildman–Crippen LogP) is -1.08. The van der Waals surface area contributed by atoms with Gasteiger partial charge in [0.2, 0.25) is 5.91 Å². The van der Waals surface area contributed by atoms with E-state index in [0.29, 0.717) is 26.2 Å². The van der Waals surface area contributed by atoms with Crippen molar-refractivity contribution in [1.29, 1.82) is 0 Å². The molecule has 0 radical (unpaired) electrons. The van der Waals surface area contributed by atoms with Crippen molar-refractivity contribution in [3.8, 4) is 0 Å². The van der Waals surface area contributed by atoms with Crippen LogP contribution >= 0.6 is 0 Å². The number of primary amides is 1. The van der Waals surface area contributed by atoms with E-state index >= 15 is 0 Å². The van der Waals surface area contributed by atoms with E-state index in [1.165, 1.54) is 12.0 Å². The van der Waals surface area contributed by atoms with Gasteiger partial charge < -0.3 is 25.4 Å². The van der Waals surface area contributed by atoms with Crippen LogP contribution in [-0.4, -0.2) is 62.9 Å². The van der Waals surface area contributed by atoms with Crippen molar-refractivity contribution in [2.24, 2.45) is 5.73 Å². The van der Waals surface area contributed by atoms with Crippen molar-refractivity contribution in [2.45, 2.75) is 12.5 Å². The second-order valence-corrected chi connectivity index (χ2v) is 3.83.